The molecule has 4 rings (SSSR count). The second-order valence-electron chi connectivity index (χ2n) is 6.86. The fourth-order valence-electron chi connectivity index (χ4n) is 3.56. The van der Waals surface area contributed by atoms with Crippen molar-refractivity contribution in [2.24, 2.45) is 0 Å². The van der Waals surface area contributed by atoms with Gasteiger partial charge in [0.05, 0.1) is 13.2 Å². The SMILES string of the molecule is Cc1c(Cl)cccc1NC(=O)c1cc(N2CCC3(CC2)OCCO3)ccn1. The Morgan fingerprint density at radius 3 is 2.70 bits per heavy atom. The van der Waals surface area contributed by atoms with E-state index in [4.69, 9.17) is 21.1 Å². The highest BCUT2D eigenvalue weighted by Gasteiger charge is 2.39. The van der Waals surface area contributed by atoms with E-state index in [9.17, 15) is 4.79 Å². The zero-order valence-electron chi connectivity index (χ0n) is 15.2. The number of hydrogen-bond donors (Lipinski definition) is 1. The summed E-state index contributed by atoms with van der Waals surface area (Å²) in [6, 6.07) is 9.19. The lowest BCUT2D eigenvalue weighted by Crippen LogP contribution is -2.45. The maximum atomic E-state index is 12.6. The summed E-state index contributed by atoms with van der Waals surface area (Å²) in [6.07, 6.45) is 3.30. The van der Waals surface area contributed by atoms with E-state index in [0.717, 1.165) is 37.2 Å². The second-order valence-corrected chi connectivity index (χ2v) is 7.27. The van der Waals surface area contributed by atoms with Crippen LogP contribution >= 0.6 is 11.6 Å². The van der Waals surface area contributed by atoms with Crippen LogP contribution in [0, 0.1) is 6.92 Å². The highest BCUT2D eigenvalue weighted by molar-refractivity contribution is 6.31. The lowest BCUT2D eigenvalue weighted by atomic mass is 10.0. The molecule has 27 heavy (non-hydrogen) atoms. The van der Waals surface area contributed by atoms with E-state index in [2.05, 4.69) is 15.2 Å². The van der Waals surface area contributed by atoms with E-state index in [0.29, 0.717) is 29.6 Å². The van der Waals surface area contributed by atoms with Gasteiger partial charge in [-0.15, -0.1) is 0 Å². The number of ether oxygens (including phenoxy) is 2. The van der Waals surface area contributed by atoms with Gasteiger partial charge in [-0.3, -0.25) is 9.78 Å². The number of hydrogen-bond acceptors (Lipinski definition) is 5. The van der Waals surface area contributed by atoms with Crippen molar-refractivity contribution in [3.63, 3.8) is 0 Å². The van der Waals surface area contributed by atoms with E-state index in [1.54, 1.807) is 12.3 Å². The van der Waals surface area contributed by atoms with Crippen LogP contribution in [0.1, 0.15) is 28.9 Å². The Balaban J connectivity index is 1.46. The van der Waals surface area contributed by atoms with Crippen LogP contribution in [-0.2, 0) is 9.47 Å². The van der Waals surface area contributed by atoms with Gasteiger partial charge in [0.25, 0.3) is 5.91 Å². The number of aromatic nitrogens is 1. The maximum Gasteiger partial charge on any atom is 0.274 e. The summed E-state index contributed by atoms with van der Waals surface area (Å²) < 4.78 is 11.6. The number of benzene rings is 1. The summed E-state index contributed by atoms with van der Waals surface area (Å²) in [5.41, 5.74) is 2.88. The Bertz CT molecular complexity index is 842. The van der Waals surface area contributed by atoms with Crippen molar-refractivity contribution in [3.05, 3.63) is 52.8 Å². The largest absolute Gasteiger partial charge is 0.371 e. The van der Waals surface area contributed by atoms with Crippen molar-refractivity contribution >= 4 is 28.9 Å². The lowest BCUT2D eigenvalue weighted by Gasteiger charge is -2.38. The molecule has 2 fully saturated rings. The van der Waals surface area contributed by atoms with E-state index >= 15 is 0 Å². The quantitative estimate of drug-likeness (QED) is 0.871. The van der Waals surface area contributed by atoms with Crippen LogP contribution in [0.3, 0.4) is 0 Å². The van der Waals surface area contributed by atoms with Crippen LogP contribution in [0.25, 0.3) is 0 Å². The second kappa shape index (κ2) is 7.46. The van der Waals surface area contributed by atoms with Gasteiger partial charge < -0.3 is 19.7 Å². The third-order valence-electron chi connectivity index (χ3n) is 5.20. The molecule has 3 heterocycles. The van der Waals surface area contributed by atoms with Crippen molar-refractivity contribution < 1.29 is 14.3 Å². The molecular weight excluding hydrogens is 366 g/mol. The van der Waals surface area contributed by atoms with E-state index < -0.39 is 5.79 Å². The molecule has 1 spiro atoms. The number of rotatable bonds is 3. The number of nitrogens with one attached hydrogen (secondary N) is 1. The van der Waals surface area contributed by atoms with Gasteiger partial charge in [-0.1, -0.05) is 17.7 Å². The topological polar surface area (TPSA) is 63.7 Å². The molecular formula is C20H22ClN3O3. The predicted octanol–water partition coefficient (Wildman–Crippen LogP) is 3.64. The van der Waals surface area contributed by atoms with E-state index in [-0.39, 0.29) is 5.91 Å². The fourth-order valence-corrected chi connectivity index (χ4v) is 3.74. The van der Waals surface area contributed by atoms with Gasteiger partial charge in [0.15, 0.2) is 5.79 Å². The number of pyridine rings is 1. The maximum absolute atomic E-state index is 12.6. The monoisotopic (exact) mass is 387 g/mol. The number of nitrogens with zero attached hydrogens (tertiary/aromatic N) is 2. The summed E-state index contributed by atoms with van der Waals surface area (Å²) in [7, 11) is 0. The van der Waals surface area contributed by atoms with E-state index in [1.807, 2.05) is 31.2 Å². The number of carbonyl (C=O) groups excluding carboxylic acids is 1. The Morgan fingerprint density at radius 2 is 1.96 bits per heavy atom. The van der Waals surface area contributed by atoms with Crippen molar-refractivity contribution in [2.45, 2.75) is 25.6 Å². The highest BCUT2D eigenvalue weighted by Crippen LogP contribution is 2.33. The molecule has 0 bridgehead atoms. The Hall–Kier alpha value is -2.15. The molecule has 1 amide bonds. The summed E-state index contributed by atoms with van der Waals surface area (Å²) >= 11 is 6.13. The lowest BCUT2D eigenvalue weighted by molar-refractivity contribution is -0.169. The third-order valence-corrected chi connectivity index (χ3v) is 5.61. The summed E-state index contributed by atoms with van der Waals surface area (Å²) in [4.78, 5) is 19.1. The molecule has 1 aromatic carbocycles. The normalized spacial score (nSPS) is 18.7. The standard InChI is InChI=1S/C20H22ClN3O3/c1-14-16(21)3-2-4-17(14)23-19(25)18-13-15(5-8-22-18)24-9-6-20(7-10-24)26-11-12-27-20/h2-5,8,13H,6-7,9-12H2,1H3,(H,23,25). The number of halogens is 1. The Morgan fingerprint density at radius 1 is 1.22 bits per heavy atom. The van der Waals surface area contributed by atoms with Crippen LogP contribution in [0.5, 0.6) is 0 Å². The summed E-state index contributed by atoms with van der Waals surface area (Å²) in [5.74, 6) is -0.661. The molecule has 0 saturated carbocycles. The molecule has 7 heteroatoms. The average Bonchev–Trinajstić information content (AvgIpc) is 3.14. The van der Waals surface area contributed by atoms with Gasteiger partial charge in [-0.05, 0) is 36.8 Å². The molecule has 2 saturated heterocycles. The van der Waals surface area contributed by atoms with E-state index in [1.165, 1.54) is 0 Å². The van der Waals surface area contributed by atoms with Gasteiger partial charge in [0.1, 0.15) is 5.69 Å². The zero-order valence-corrected chi connectivity index (χ0v) is 16.0. The predicted molar refractivity (Wildman–Crippen MR) is 104 cm³/mol. The van der Waals surface area contributed by atoms with Gasteiger partial charge >= 0.3 is 0 Å². The average molecular weight is 388 g/mol. The van der Waals surface area contributed by atoms with Crippen LogP contribution in [0.2, 0.25) is 5.02 Å². The first-order valence-electron chi connectivity index (χ1n) is 9.12. The van der Waals surface area contributed by atoms with Crippen molar-refractivity contribution in [1.82, 2.24) is 4.98 Å². The van der Waals surface area contributed by atoms with Gasteiger partial charge in [-0.2, -0.15) is 0 Å². The molecule has 2 aromatic rings. The zero-order chi connectivity index (χ0) is 18.9. The van der Waals surface area contributed by atoms with Gasteiger partial charge in [0.2, 0.25) is 0 Å². The molecule has 0 unspecified atom stereocenters. The first kappa shape index (κ1) is 18.2. The number of piperidine rings is 1. The molecule has 1 N–H and O–H groups in total. The molecule has 2 aliphatic heterocycles. The minimum Gasteiger partial charge on any atom is -0.371 e. The molecule has 0 atom stereocenters. The highest BCUT2D eigenvalue weighted by atomic mass is 35.5. The molecule has 2 aliphatic rings. The Kier molecular flexibility index (Phi) is 5.04. The van der Waals surface area contributed by atoms with Crippen molar-refractivity contribution in [1.29, 1.82) is 0 Å². The van der Waals surface area contributed by atoms with Crippen LogP contribution in [-0.4, -0.2) is 43.0 Å². The minimum atomic E-state index is -0.409. The van der Waals surface area contributed by atoms with Crippen LogP contribution in [0.15, 0.2) is 36.5 Å². The van der Waals surface area contributed by atoms with Crippen molar-refractivity contribution in [3.8, 4) is 0 Å². The first-order chi connectivity index (χ1) is 13.1. The fraction of sp³-hybridized carbons (Fsp3) is 0.400. The Labute approximate surface area is 163 Å². The van der Waals surface area contributed by atoms with Crippen LogP contribution in [0.4, 0.5) is 11.4 Å². The van der Waals surface area contributed by atoms with Crippen molar-refractivity contribution in [2.75, 3.05) is 36.5 Å². The molecule has 1 aromatic heterocycles. The van der Waals surface area contributed by atoms with Gasteiger partial charge in [-0.25, -0.2) is 0 Å². The molecule has 6 nitrogen and oxygen atoms in total. The summed E-state index contributed by atoms with van der Waals surface area (Å²) in [5, 5.41) is 3.51. The first-order valence-corrected chi connectivity index (χ1v) is 9.50. The third kappa shape index (κ3) is 3.78. The molecule has 142 valence electrons. The van der Waals surface area contributed by atoms with Gasteiger partial charge in [0, 0.05) is 48.5 Å². The minimum absolute atomic E-state index is 0.252. The molecule has 0 aliphatic carbocycles. The number of amides is 1. The number of carbonyl (C=O) groups is 1. The smallest absolute Gasteiger partial charge is 0.274 e. The molecule has 0 radical (unpaired) electrons. The summed E-state index contributed by atoms with van der Waals surface area (Å²) in [6.45, 7) is 4.85. The number of anilines is 2. The van der Waals surface area contributed by atoms with Crippen LogP contribution < -0.4 is 10.2 Å².